The number of nitrogens with zero attached hydrogens (tertiary/aromatic N) is 1. The van der Waals surface area contributed by atoms with Crippen molar-refractivity contribution in [3.63, 3.8) is 0 Å². The van der Waals surface area contributed by atoms with Gasteiger partial charge in [0, 0.05) is 18.6 Å². The first-order valence-electron chi connectivity index (χ1n) is 7.52. The molecule has 1 aromatic carbocycles. The van der Waals surface area contributed by atoms with Crippen LogP contribution < -0.4 is 5.32 Å². The summed E-state index contributed by atoms with van der Waals surface area (Å²) in [5, 5.41) is 3.46. The van der Waals surface area contributed by atoms with Crippen LogP contribution >= 0.6 is 0 Å². The minimum Gasteiger partial charge on any atom is -0.306 e. The molecule has 0 spiro atoms. The smallest absolute Gasteiger partial charge is 0.306 e. The first-order valence-corrected chi connectivity index (χ1v) is 7.52. The third-order valence-electron chi connectivity index (χ3n) is 4.00. The van der Waals surface area contributed by atoms with Crippen molar-refractivity contribution in [1.82, 2.24) is 10.2 Å². The lowest BCUT2D eigenvalue weighted by Gasteiger charge is -2.25. The minimum atomic E-state index is -4.27. The van der Waals surface area contributed by atoms with Crippen LogP contribution in [0.1, 0.15) is 43.9 Å². The molecule has 2 atom stereocenters. The van der Waals surface area contributed by atoms with Crippen LogP contribution in [0.3, 0.4) is 0 Å². The van der Waals surface area contributed by atoms with Crippen LogP contribution in [0.4, 0.5) is 13.2 Å². The maximum atomic E-state index is 12.5. The van der Waals surface area contributed by atoms with Crippen molar-refractivity contribution in [3.8, 4) is 0 Å². The van der Waals surface area contributed by atoms with E-state index in [9.17, 15) is 13.2 Å². The SMILES string of the molecule is CC(CN1CCCC1)NC(C)c1ccc(C(F)(F)F)cc1. The number of halogens is 3. The monoisotopic (exact) mass is 300 g/mol. The average Bonchev–Trinajstić information content (AvgIpc) is 2.90. The van der Waals surface area contributed by atoms with Crippen LogP contribution in [0.5, 0.6) is 0 Å². The van der Waals surface area contributed by atoms with Crippen molar-refractivity contribution in [1.29, 1.82) is 0 Å². The Morgan fingerprint density at radius 1 is 1.10 bits per heavy atom. The van der Waals surface area contributed by atoms with E-state index in [1.54, 1.807) is 12.1 Å². The molecule has 0 radical (unpaired) electrons. The molecule has 0 saturated carbocycles. The fourth-order valence-electron chi connectivity index (χ4n) is 2.89. The molecule has 0 amide bonds. The molecule has 2 rings (SSSR count). The lowest BCUT2D eigenvalue weighted by Crippen LogP contribution is -2.39. The van der Waals surface area contributed by atoms with Gasteiger partial charge in [-0.1, -0.05) is 12.1 Å². The summed E-state index contributed by atoms with van der Waals surface area (Å²) in [6.45, 7) is 7.41. The summed E-state index contributed by atoms with van der Waals surface area (Å²) < 4.78 is 37.6. The van der Waals surface area contributed by atoms with Crippen molar-refractivity contribution >= 4 is 0 Å². The highest BCUT2D eigenvalue weighted by atomic mass is 19.4. The predicted molar refractivity (Wildman–Crippen MR) is 78.1 cm³/mol. The largest absolute Gasteiger partial charge is 0.416 e. The predicted octanol–water partition coefficient (Wildman–Crippen LogP) is 3.84. The summed E-state index contributed by atoms with van der Waals surface area (Å²) in [6.07, 6.45) is -1.74. The molecule has 1 N–H and O–H groups in total. The number of rotatable bonds is 5. The van der Waals surface area contributed by atoms with Gasteiger partial charge in [-0.15, -0.1) is 0 Å². The van der Waals surface area contributed by atoms with Crippen molar-refractivity contribution in [3.05, 3.63) is 35.4 Å². The van der Waals surface area contributed by atoms with E-state index in [0.717, 1.165) is 37.3 Å². The van der Waals surface area contributed by atoms with Gasteiger partial charge in [0.1, 0.15) is 0 Å². The quantitative estimate of drug-likeness (QED) is 0.889. The molecule has 2 unspecified atom stereocenters. The van der Waals surface area contributed by atoms with Gasteiger partial charge < -0.3 is 10.2 Å². The molecule has 1 saturated heterocycles. The van der Waals surface area contributed by atoms with Gasteiger partial charge in [0.25, 0.3) is 0 Å². The van der Waals surface area contributed by atoms with E-state index in [0.29, 0.717) is 6.04 Å². The number of hydrogen-bond acceptors (Lipinski definition) is 2. The standard InChI is InChI=1S/C16H23F3N2/c1-12(11-21-9-3-4-10-21)20-13(2)14-5-7-15(8-6-14)16(17,18)19/h5-8,12-13,20H,3-4,9-11H2,1-2H3. The second-order valence-corrected chi connectivity index (χ2v) is 5.92. The zero-order valence-corrected chi connectivity index (χ0v) is 12.6. The Bertz CT molecular complexity index is 436. The Kier molecular flexibility index (Phi) is 5.27. The molecule has 5 heteroatoms. The molecule has 1 fully saturated rings. The summed E-state index contributed by atoms with van der Waals surface area (Å²) in [5.41, 5.74) is 0.292. The molecule has 2 nitrogen and oxygen atoms in total. The topological polar surface area (TPSA) is 15.3 Å². The number of likely N-dealkylation sites (tertiary alicyclic amines) is 1. The summed E-state index contributed by atoms with van der Waals surface area (Å²) in [7, 11) is 0. The molecule has 1 aliphatic rings. The zero-order valence-electron chi connectivity index (χ0n) is 12.6. The Hall–Kier alpha value is -1.07. The van der Waals surface area contributed by atoms with Crippen LogP contribution in [-0.4, -0.2) is 30.6 Å². The van der Waals surface area contributed by atoms with E-state index in [-0.39, 0.29) is 6.04 Å². The van der Waals surface area contributed by atoms with Gasteiger partial charge in [0.2, 0.25) is 0 Å². The molecule has 1 heterocycles. The van der Waals surface area contributed by atoms with Crippen LogP contribution in [0.15, 0.2) is 24.3 Å². The molecule has 118 valence electrons. The molecular weight excluding hydrogens is 277 g/mol. The average molecular weight is 300 g/mol. The van der Waals surface area contributed by atoms with Crippen molar-refractivity contribution in [2.75, 3.05) is 19.6 Å². The van der Waals surface area contributed by atoms with Gasteiger partial charge in [0.15, 0.2) is 0 Å². The lowest BCUT2D eigenvalue weighted by molar-refractivity contribution is -0.137. The Balaban J connectivity index is 1.88. The first kappa shape index (κ1) is 16.3. The minimum absolute atomic E-state index is 0.0462. The summed E-state index contributed by atoms with van der Waals surface area (Å²) in [5.74, 6) is 0. The highest BCUT2D eigenvalue weighted by Crippen LogP contribution is 2.29. The Labute approximate surface area is 124 Å². The number of benzene rings is 1. The van der Waals surface area contributed by atoms with Crippen molar-refractivity contribution < 1.29 is 13.2 Å². The van der Waals surface area contributed by atoms with E-state index in [1.165, 1.54) is 12.8 Å². The van der Waals surface area contributed by atoms with Crippen LogP contribution in [0.2, 0.25) is 0 Å². The van der Waals surface area contributed by atoms with Crippen LogP contribution in [-0.2, 0) is 6.18 Å². The van der Waals surface area contributed by atoms with Gasteiger partial charge >= 0.3 is 6.18 Å². The normalized spacial score (nSPS) is 19.7. The van der Waals surface area contributed by atoms with Crippen molar-refractivity contribution in [2.24, 2.45) is 0 Å². The maximum absolute atomic E-state index is 12.5. The lowest BCUT2D eigenvalue weighted by atomic mass is 10.0. The molecule has 0 aromatic heterocycles. The van der Waals surface area contributed by atoms with Gasteiger partial charge in [-0.2, -0.15) is 13.2 Å². The molecule has 1 aliphatic heterocycles. The fraction of sp³-hybridized carbons (Fsp3) is 0.625. The third-order valence-corrected chi connectivity index (χ3v) is 4.00. The van der Waals surface area contributed by atoms with Gasteiger partial charge in [0.05, 0.1) is 5.56 Å². The van der Waals surface area contributed by atoms with E-state index < -0.39 is 11.7 Å². The molecule has 0 bridgehead atoms. The van der Waals surface area contributed by atoms with Crippen LogP contribution in [0.25, 0.3) is 0 Å². The fourth-order valence-corrected chi connectivity index (χ4v) is 2.89. The maximum Gasteiger partial charge on any atom is 0.416 e. The van der Waals surface area contributed by atoms with E-state index in [4.69, 9.17) is 0 Å². The van der Waals surface area contributed by atoms with Crippen LogP contribution in [0, 0.1) is 0 Å². The second kappa shape index (κ2) is 6.79. The van der Waals surface area contributed by atoms with E-state index in [2.05, 4.69) is 17.1 Å². The molecular formula is C16H23F3N2. The highest BCUT2D eigenvalue weighted by Gasteiger charge is 2.30. The highest BCUT2D eigenvalue weighted by molar-refractivity contribution is 5.26. The third kappa shape index (κ3) is 4.71. The van der Waals surface area contributed by atoms with Gasteiger partial charge in [-0.3, -0.25) is 0 Å². The first-order chi connectivity index (χ1) is 9.86. The summed E-state index contributed by atoms with van der Waals surface area (Å²) in [4.78, 5) is 2.43. The van der Waals surface area contributed by atoms with Gasteiger partial charge in [-0.05, 0) is 57.5 Å². The second-order valence-electron chi connectivity index (χ2n) is 5.92. The van der Waals surface area contributed by atoms with E-state index >= 15 is 0 Å². The Morgan fingerprint density at radius 2 is 1.67 bits per heavy atom. The number of hydrogen-bond donors (Lipinski definition) is 1. The molecule has 1 aromatic rings. The summed E-state index contributed by atoms with van der Waals surface area (Å²) in [6, 6.07) is 5.79. The van der Waals surface area contributed by atoms with Crippen molar-refractivity contribution in [2.45, 2.75) is 44.9 Å². The number of nitrogens with one attached hydrogen (secondary N) is 1. The van der Waals surface area contributed by atoms with Gasteiger partial charge in [-0.25, -0.2) is 0 Å². The van der Waals surface area contributed by atoms with E-state index in [1.807, 2.05) is 6.92 Å². The Morgan fingerprint density at radius 3 is 2.19 bits per heavy atom. The molecule has 21 heavy (non-hydrogen) atoms. The zero-order chi connectivity index (χ0) is 15.5. The summed E-state index contributed by atoms with van der Waals surface area (Å²) >= 11 is 0. The molecule has 0 aliphatic carbocycles. The number of alkyl halides is 3.